The highest BCUT2D eigenvalue weighted by atomic mass is 32.1. The van der Waals surface area contributed by atoms with E-state index in [0.29, 0.717) is 12.3 Å². The average Bonchev–Trinajstić information content (AvgIpc) is 2.87. The van der Waals surface area contributed by atoms with E-state index in [-0.39, 0.29) is 11.7 Å². The molecule has 0 fully saturated rings. The average molecular weight is 273 g/mol. The number of Topliss-reactive ketones (excluding diaryl/α,β-unsaturated/α-hetero) is 1. The van der Waals surface area contributed by atoms with Crippen molar-refractivity contribution in [1.82, 2.24) is 4.98 Å². The van der Waals surface area contributed by atoms with Gasteiger partial charge in [-0.15, -0.1) is 11.3 Å². The number of hydrogen-bond donors (Lipinski definition) is 0. The lowest BCUT2D eigenvalue weighted by Crippen LogP contribution is -2.18. The van der Waals surface area contributed by atoms with Crippen LogP contribution in [-0.2, 0) is 11.2 Å². The molecule has 100 valence electrons. The van der Waals surface area contributed by atoms with Gasteiger partial charge >= 0.3 is 0 Å². The Balaban J connectivity index is 2.08. The fraction of sp³-hybridized carbons (Fsp3) is 0.375. The lowest BCUT2D eigenvalue weighted by molar-refractivity contribution is -0.122. The summed E-state index contributed by atoms with van der Waals surface area (Å²) >= 11 is 1.57. The largest absolute Gasteiger partial charge is 0.299 e. The number of rotatable bonds is 5. The molecule has 1 aromatic heterocycles. The molecular weight excluding hydrogens is 254 g/mol. The molecule has 2 rings (SSSR count). The van der Waals surface area contributed by atoms with Crippen LogP contribution in [0.15, 0.2) is 35.7 Å². The summed E-state index contributed by atoms with van der Waals surface area (Å²) in [5.41, 5.74) is 2.07. The lowest BCUT2D eigenvalue weighted by Gasteiger charge is -2.12. The van der Waals surface area contributed by atoms with Gasteiger partial charge in [0.15, 0.2) is 0 Å². The molecule has 0 spiro atoms. The van der Waals surface area contributed by atoms with Gasteiger partial charge in [-0.25, -0.2) is 4.98 Å². The van der Waals surface area contributed by atoms with Crippen LogP contribution in [0.25, 0.3) is 11.3 Å². The minimum absolute atomic E-state index is 0.101. The second-order valence-corrected chi connectivity index (χ2v) is 6.11. The number of aromatic nitrogens is 1. The molecule has 0 unspecified atom stereocenters. The minimum Gasteiger partial charge on any atom is -0.299 e. The van der Waals surface area contributed by atoms with E-state index in [2.05, 4.69) is 18.8 Å². The van der Waals surface area contributed by atoms with Crippen LogP contribution >= 0.6 is 11.3 Å². The molecule has 2 nitrogen and oxygen atoms in total. The third kappa shape index (κ3) is 3.51. The lowest BCUT2D eigenvalue weighted by atomic mass is 9.92. The highest BCUT2D eigenvalue weighted by Crippen LogP contribution is 2.23. The third-order valence-electron chi connectivity index (χ3n) is 3.45. The summed E-state index contributed by atoms with van der Waals surface area (Å²) in [5, 5.41) is 2.94. The van der Waals surface area contributed by atoms with E-state index in [9.17, 15) is 4.79 Å². The summed E-state index contributed by atoms with van der Waals surface area (Å²) in [4.78, 5) is 16.6. The first kappa shape index (κ1) is 13.9. The van der Waals surface area contributed by atoms with E-state index in [1.165, 1.54) is 0 Å². The second-order valence-electron chi connectivity index (χ2n) is 5.17. The SMILES string of the molecule is CC(C)[C@H](C)C(=O)Cc1nc(-c2ccccc2)cs1. The number of carbonyl (C=O) groups is 1. The number of benzene rings is 1. The second kappa shape index (κ2) is 6.11. The van der Waals surface area contributed by atoms with Crippen LogP contribution in [0.5, 0.6) is 0 Å². The molecular formula is C16H19NOS. The number of nitrogens with zero attached hydrogens (tertiary/aromatic N) is 1. The molecule has 0 aliphatic heterocycles. The van der Waals surface area contributed by atoms with E-state index in [0.717, 1.165) is 16.3 Å². The number of carbonyl (C=O) groups excluding carboxylic acids is 1. The van der Waals surface area contributed by atoms with Crippen LogP contribution in [0, 0.1) is 11.8 Å². The van der Waals surface area contributed by atoms with E-state index < -0.39 is 0 Å². The molecule has 3 heteroatoms. The van der Waals surface area contributed by atoms with Gasteiger partial charge in [-0.05, 0) is 5.92 Å². The van der Waals surface area contributed by atoms with Crippen molar-refractivity contribution in [2.75, 3.05) is 0 Å². The van der Waals surface area contributed by atoms with Crippen LogP contribution in [0.3, 0.4) is 0 Å². The minimum atomic E-state index is 0.101. The van der Waals surface area contributed by atoms with Crippen molar-refractivity contribution in [2.24, 2.45) is 11.8 Å². The summed E-state index contributed by atoms with van der Waals surface area (Å²) in [7, 11) is 0. The van der Waals surface area contributed by atoms with E-state index in [1.54, 1.807) is 11.3 Å². The number of hydrogen-bond acceptors (Lipinski definition) is 3. The highest BCUT2D eigenvalue weighted by Gasteiger charge is 2.18. The summed E-state index contributed by atoms with van der Waals surface area (Å²) in [6.07, 6.45) is 0.455. The van der Waals surface area contributed by atoms with Gasteiger partial charge in [0, 0.05) is 16.9 Å². The van der Waals surface area contributed by atoms with Crippen LogP contribution in [0.4, 0.5) is 0 Å². The normalized spacial score (nSPS) is 12.6. The van der Waals surface area contributed by atoms with Crippen LogP contribution in [0.1, 0.15) is 25.8 Å². The Morgan fingerprint density at radius 2 is 1.89 bits per heavy atom. The summed E-state index contributed by atoms with van der Waals surface area (Å²) < 4.78 is 0. The fourth-order valence-corrected chi connectivity index (χ4v) is 2.63. The van der Waals surface area contributed by atoms with Gasteiger partial charge in [-0.2, -0.15) is 0 Å². The van der Waals surface area contributed by atoms with Crippen molar-refractivity contribution in [1.29, 1.82) is 0 Å². The molecule has 0 saturated heterocycles. The number of ketones is 1. The van der Waals surface area contributed by atoms with E-state index >= 15 is 0 Å². The van der Waals surface area contributed by atoms with Gasteiger partial charge in [0.25, 0.3) is 0 Å². The molecule has 0 saturated carbocycles. The van der Waals surface area contributed by atoms with Crippen molar-refractivity contribution < 1.29 is 4.79 Å². The Bertz CT molecular complexity index is 545. The Morgan fingerprint density at radius 1 is 1.21 bits per heavy atom. The van der Waals surface area contributed by atoms with Gasteiger partial charge < -0.3 is 0 Å². The molecule has 0 aliphatic rings. The standard InChI is InChI=1S/C16H19NOS/c1-11(2)12(3)15(18)9-16-17-14(10-19-16)13-7-5-4-6-8-13/h4-8,10-12H,9H2,1-3H3/t12-/m0/s1. The molecule has 0 radical (unpaired) electrons. The molecule has 0 N–H and O–H groups in total. The maximum atomic E-state index is 12.1. The number of thiazole rings is 1. The van der Waals surface area contributed by atoms with Crippen molar-refractivity contribution in [3.05, 3.63) is 40.7 Å². The summed E-state index contributed by atoms with van der Waals surface area (Å²) in [5.74, 6) is 0.772. The first-order valence-corrected chi connectivity index (χ1v) is 7.48. The van der Waals surface area contributed by atoms with Crippen molar-refractivity contribution in [3.8, 4) is 11.3 Å². The van der Waals surface area contributed by atoms with Gasteiger partial charge in [-0.3, -0.25) is 4.79 Å². The van der Waals surface area contributed by atoms with Crippen molar-refractivity contribution in [2.45, 2.75) is 27.2 Å². The zero-order chi connectivity index (χ0) is 13.8. The summed E-state index contributed by atoms with van der Waals surface area (Å²) in [6.45, 7) is 6.17. The molecule has 0 aliphatic carbocycles. The Labute approximate surface area is 118 Å². The Hall–Kier alpha value is -1.48. The van der Waals surface area contributed by atoms with Gasteiger partial charge in [0.05, 0.1) is 12.1 Å². The Morgan fingerprint density at radius 3 is 2.53 bits per heavy atom. The topological polar surface area (TPSA) is 30.0 Å². The van der Waals surface area contributed by atoms with Crippen molar-refractivity contribution >= 4 is 17.1 Å². The molecule has 2 aromatic rings. The van der Waals surface area contributed by atoms with Crippen LogP contribution in [0.2, 0.25) is 0 Å². The summed E-state index contributed by atoms with van der Waals surface area (Å²) in [6, 6.07) is 10.1. The quantitative estimate of drug-likeness (QED) is 0.816. The fourth-order valence-electron chi connectivity index (χ4n) is 1.82. The van der Waals surface area contributed by atoms with Crippen LogP contribution < -0.4 is 0 Å². The molecule has 1 aromatic carbocycles. The predicted octanol–water partition coefficient (Wildman–Crippen LogP) is 4.21. The van der Waals surface area contributed by atoms with Gasteiger partial charge in [-0.1, -0.05) is 51.1 Å². The molecule has 0 bridgehead atoms. The molecule has 1 heterocycles. The maximum absolute atomic E-state index is 12.1. The first-order chi connectivity index (χ1) is 9.08. The zero-order valence-electron chi connectivity index (χ0n) is 11.6. The van der Waals surface area contributed by atoms with Gasteiger partial charge in [0.1, 0.15) is 10.8 Å². The third-order valence-corrected chi connectivity index (χ3v) is 4.30. The highest BCUT2D eigenvalue weighted by molar-refractivity contribution is 7.10. The Kier molecular flexibility index (Phi) is 4.48. The molecule has 1 atom stereocenters. The maximum Gasteiger partial charge on any atom is 0.142 e. The van der Waals surface area contributed by atoms with E-state index in [4.69, 9.17) is 0 Å². The smallest absolute Gasteiger partial charge is 0.142 e. The predicted molar refractivity (Wildman–Crippen MR) is 80.3 cm³/mol. The first-order valence-electron chi connectivity index (χ1n) is 6.60. The van der Waals surface area contributed by atoms with Crippen LogP contribution in [-0.4, -0.2) is 10.8 Å². The van der Waals surface area contributed by atoms with Crippen molar-refractivity contribution in [3.63, 3.8) is 0 Å². The molecule has 19 heavy (non-hydrogen) atoms. The van der Waals surface area contributed by atoms with E-state index in [1.807, 2.05) is 42.6 Å². The van der Waals surface area contributed by atoms with Gasteiger partial charge in [0.2, 0.25) is 0 Å². The zero-order valence-corrected chi connectivity index (χ0v) is 12.4. The molecule has 0 amide bonds. The monoisotopic (exact) mass is 273 g/mol.